The van der Waals surface area contributed by atoms with Crippen molar-refractivity contribution < 1.29 is 14.3 Å². The normalized spacial score (nSPS) is 16.4. The molecule has 1 aromatic rings. The third-order valence-corrected chi connectivity index (χ3v) is 4.03. The second-order valence-electron chi connectivity index (χ2n) is 7.76. The van der Waals surface area contributed by atoms with Crippen LogP contribution in [-0.4, -0.2) is 53.3 Å². The van der Waals surface area contributed by atoms with Crippen molar-refractivity contribution in [2.75, 3.05) is 20.1 Å². The molecular formula is C20H28N4O3. The number of hydrogen-bond acceptors (Lipinski definition) is 5. The number of nitrogens with two attached hydrogens (primary N) is 1. The molecule has 1 fully saturated rings. The van der Waals surface area contributed by atoms with E-state index in [2.05, 4.69) is 0 Å². The van der Waals surface area contributed by atoms with Gasteiger partial charge in [0.1, 0.15) is 11.4 Å². The first-order valence-corrected chi connectivity index (χ1v) is 8.90. The Kier molecular flexibility index (Phi) is 6.25. The van der Waals surface area contributed by atoms with Crippen molar-refractivity contribution in [2.24, 2.45) is 5.73 Å². The number of carbonyl (C=O) groups is 2. The van der Waals surface area contributed by atoms with Gasteiger partial charge in [-0.25, -0.2) is 4.79 Å². The number of piperidine rings is 1. The number of carbonyl (C=O) groups excluding carboxylic acids is 2. The van der Waals surface area contributed by atoms with E-state index in [1.165, 1.54) is 0 Å². The lowest BCUT2D eigenvalue weighted by molar-refractivity contribution is -0.117. The highest BCUT2D eigenvalue weighted by Crippen LogP contribution is 2.17. The summed E-state index contributed by atoms with van der Waals surface area (Å²) in [5, 5.41) is 7.53. The Bertz CT molecular complexity index is 765. The Balaban J connectivity index is 2.06. The maximum Gasteiger partial charge on any atom is 0.410 e. The zero-order valence-electron chi connectivity index (χ0n) is 16.4. The predicted molar refractivity (Wildman–Crippen MR) is 104 cm³/mol. The predicted octanol–water partition coefficient (Wildman–Crippen LogP) is 2.50. The van der Waals surface area contributed by atoms with Crippen LogP contribution in [0.2, 0.25) is 0 Å². The molecule has 1 aliphatic heterocycles. The van der Waals surface area contributed by atoms with Crippen LogP contribution in [0, 0.1) is 5.41 Å². The molecule has 0 unspecified atom stereocenters. The first-order chi connectivity index (χ1) is 12.5. The van der Waals surface area contributed by atoms with Gasteiger partial charge in [0.2, 0.25) is 0 Å². The van der Waals surface area contributed by atoms with E-state index in [0.717, 1.165) is 5.56 Å². The van der Waals surface area contributed by atoms with Gasteiger partial charge < -0.3 is 20.3 Å². The van der Waals surface area contributed by atoms with E-state index >= 15 is 0 Å². The van der Waals surface area contributed by atoms with Crippen LogP contribution in [0.1, 0.15) is 38.3 Å². The van der Waals surface area contributed by atoms with Crippen LogP contribution in [0.5, 0.6) is 0 Å². The number of nitrogens with one attached hydrogen (secondary N) is 1. The van der Waals surface area contributed by atoms with Gasteiger partial charge in [-0.3, -0.25) is 10.2 Å². The lowest BCUT2D eigenvalue weighted by Crippen LogP contribution is -2.43. The average molecular weight is 372 g/mol. The van der Waals surface area contributed by atoms with Gasteiger partial charge in [-0.1, -0.05) is 18.2 Å². The van der Waals surface area contributed by atoms with Crippen molar-refractivity contribution in [3.8, 4) is 0 Å². The molecule has 0 atom stereocenters. The number of Topliss-reactive ketones (excluding diaryl/α,β-unsaturated/α-hetero) is 1. The third-order valence-electron chi connectivity index (χ3n) is 4.03. The van der Waals surface area contributed by atoms with Gasteiger partial charge in [0.25, 0.3) is 0 Å². The van der Waals surface area contributed by atoms with Crippen LogP contribution in [0.25, 0.3) is 0 Å². The molecule has 146 valence electrons. The van der Waals surface area contributed by atoms with Gasteiger partial charge in [-0.2, -0.15) is 0 Å². The van der Waals surface area contributed by atoms with Gasteiger partial charge >= 0.3 is 6.09 Å². The molecule has 7 heteroatoms. The van der Waals surface area contributed by atoms with Crippen LogP contribution in [0.3, 0.4) is 0 Å². The smallest absolute Gasteiger partial charge is 0.410 e. The number of amides is 1. The second-order valence-corrected chi connectivity index (χ2v) is 7.76. The molecule has 1 aliphatic rings. The molecule has 3 N–H and O–H groups in total. The largest absolute Gasteiger partial charge is 0.444 e. The van der Waals surface area contributed by atoms with Crippen LogP contribution in [0.4, 0.5) is 4.79 Å². The molecule has 27 heavy (non-hydrogen) atoms. The quantitative estimate of drug-likeness (QED) is 0.480. The van der Waals surface area contributed by atoms with Gasteiger partial charge in [0.05, 0.1) is 6.54 Å². The number of rotatable bonds is 4. The Labute approximate surface area is 160 Å². The van der Waals surface area contributed by atoms with Crippen molar-refractivity contribution >= 4 is 17.7 Å². The van der Waals surface area contributed by atoms with Crippen LogP contribution < -0.4 is 5.73 Å². The molecule has 0 aliphatic carbocycles. The van der Waals surface area contributed by atoms with E-state index in [1.807, 2.05) is 50.9 Å². The Morgan fingerprint density at radius 1 is 1.41 bits per heavy atom. The molecule has 1 aromatic carbocycles. The van der Waals surface area contributed by atoms with Gasteiger partial charge in [-0.05, 0) is 32.4 Å². The van der Waals surface area contributed by atoms with Gasteiger partial charge in [0, 0.05) is 43.9 Å². The van der Waals surface area contributed by atoms with Crippen molar-refractivity contribution in [1.29, 1.82) is 5.41 Å². The standard InChI is InChI=1S/C20H28N4O3/c1-20(2,3)27-19(26)24-9-8-17(25)16(13-24)12-23(4)11-14-6-5-7-15(10-14)18(21)22/h5-7,10,12H,8-9,11,13H2,1-4H3,(H3,21,22)/b16-12+. The Hall–Kier alpha value is -2.83. The first-order valence-electron chi connectivity index (χ1n) is 8.90. The van der Waals surface area contributed by atoms with Gasteiger partial charge in [-0.15, -0.1) is 0 Å². The fourth-order valence-electron chi connectivity index (χ4n) is 2.80. The third kappa shape index (κ3) is 6.13. The summed E-state index contributed by atoms with van der Waals surface area (Å²) >= 11 is 0. The summed E-state index contributed by atoms with van der Waals surface area (Å²) in [7, 11) is 1.87. The Morgan fingerprint density at radius 2 is 2.11 bits per heavy atom. The molecule has 0 bridgehead atoms. The fourth-order valence-corrected chi connectivity index (χ4v) is 2.80. The molecule has 1 saturated heterocycles. The van der Waals surface area contributed by atoms with E-state index in [0.29, 0.717) is 30.6 Å². The summed E-state index contributed by atoms with van der Waals surface area (Å²) in [6, 6.07) is 7.43. The molecule has 0 saturated carbocycles. The minimum atomic E-state index is -0.569. The summed E-state index contributed by atoms with van der Waals surface area (Å²) in [6.07, 6.45) is 1.66. The minimum absolute atomic E-state index is 0.0216. The zero-order valence-corrected chi connectivity index (χ0v) is 16.4. The van der Waals surface area contributed by atoms with Gasteiger partial charge in [0.15, 0.2) is 5.78 Å². The number of nitrogen functional groups attached to an aromatic ring is 1. The van der Waals surface area contributed by atoms with Crippen molar-refractivity contribution in [2.45, 2.75) is 39.3 Å². The summed E-state index contributed by atoms with van der Waals surface area (Å²) in [5.41, 5.74) is 7.19. The monoisotopic (exact) mass is 372 g/mol. The highest BCUT2D eigenvalue weighted by molar-refractivity contribution is 5.97. The molecule has 2 rings (SSSR count). The van der Waals surface area contributed by atoms with E-state index in [9.17, 15) is 9.59 Å². The molecule has 0 aromatic heterocycles. The van der Waals surface area contributed by atoms with E-state index in [1.54, 1.807) is 17.2 Å². The van der Waals surface area contributed by atoms with Crippen LogP contribution in [-0.2, 0) is 16.1 Å². The highest BCUT2D eigenvalue weighted by atomic mass is 16.6. The topological polar surface area (TPSA) is 99.7 Å². The maximum absolute atomic E-state index is 12.3. The minimum Gasteiger partial charge on any atom is -0.444 e. The summed E-state index contributed by atoms with van der Waals surface area (Å²) in [6.45, 7) is 6.63. The van der Waals surface area contributed by atoms with Crippen LogP contribution in [0.15, 0.2) is 36.0 Å². The lowest BCUT2D eigenvalue weighted by Gasteiger charge is -2.31. The Morgan fingerprint density at radius 3 is 2.74 bits per heavy atom. The molecule has 1 heterocycles. The summed E-state index contributed by atoms with van der Waals surface area (Å²) < 4.78 is 5.40. The maximum atomic E-state index is 12.3. The number of likely N-dealkylation sites (tertiary alicyclic amines) is 1. The summed E-state index contributed by atoms with van der Waals surface area (Å²) in [5.74, 6) is 0.0625. The van der Waals surface area contributed by atoms with E-state index in [4.69, 9.17) is 15.9 Å². The molecule has 0 radical (unpaired) electrons. The number of ether oxygens (including phenoxy) is 1. The van der Waals surface area contributed by atoms with E-state index < -0.39 is 11.7 Å². The van der Waals surface area contributed by atoms with Crippen molar-refractivity contribution in [3.63, 3.8) is 0 Å². The fraction of sp³-hybridized carbons (Fsp3) is 0.450. The zero-order chi connectivity index (χ0) is 20.2. The number of benzene rings is 1. The van der Waals surface area contributed by atoms with E-state index in [-0.39, 0.29) is 18.2 Å². The van der Waals surface area contributed by atoms with Crippen molar-refractivity contribution in [1.82, 2.24) is 9.80 Å². The average Bonchev–Trinajstić information content (AvgIpc) is 2.55. The highest BCUT2D eigenvalue weighted by Gasteiger charge is 2.28. The lowest BCUT2D eigenvalue weighted by atomic mass is 10.0. The number of ketones is 1. The molecule has 0 spiro atoms. The van der Waals surface area contributed by atoms with Crippen LogP contribution >= 0.6 is 0 Å². The molecule has 7 nitrogen and oxygen atoms in total. The summed E-state index contributed by atoms with van der Waals surface area (Å²) in [4.78, 5) is 28.0. The number of nitrogens with zero attached hydrogens (tertiary/aromatic N) is 2. The number of hydrogen-bond donors (Lipinski definition) is 2. The molecular weight excluding hydrogens is 344 g/mol. The number of amidine groups is 1. The molecule has 1 amide bonds. The van der Waals surface area contributed by atoms with Crippen molar-refractivity contribution in [3.05, 3.63) is 47.2 Å². The second kappa shape index (κ2) is 8.24. The first kappa shape index (κ1) is 20.5. The SMILES string of the molecule is CN(/C=C1\CN(C(=O)OC(C)(C)C)CCC1=O)Cc1cccc(C(=N)N)c1.